The van der Waals surface area contributed by atoms with Gasteiger partial charge >= 0.3 is 0 Å². The Morgan fingerprint density at radius 1 is 1.30 bits per heavy atom. The molecule has 0 radical (unpaired) electrons. The van der Waals surface area contributed by atoms with Crippen molar-refractivity contribution in [2.45, 2.75) is 39.7 Å². The molecule has 0 spiro atoms. The van der Waals surface area contributed by atoms with Gasteiger partial charge in [0.25, 0.3) is 5.91 Å². The van der Waals surface area contributed by atoms with E-state index in [0.29, 0.717) is 5.69 Å². The summed E-state index contributed by atoms with van der Waals surface area (Å²) in [5, 5.41) is 4.08. The van der Waals surface area contributed by atoms with Gasteiger partial charge in [0.1, 0.15) is 5.69 Å². The first-order valence-corrected chi connectivity index (χ1v) is 9.28. The van der Waals surface area contributed by atoms with Crippen molar-refractivity contribution in [1.29, 1.82) is 0 Å². The topological polar surface area (TPSA) is 57.6 Å². The van der Waals surface area contributed by atoms with E-state index in [2.05, 4.69) is 66.3 Å². The first-order valence-electron chi connectivity index (χ1n) is 9.28. The van der Waals surface area contributed by atoms with Gasteiger partial charge in [-0.1, -0.05) is 25.1 Å². The zero-order valence-corrected chi connectivity index (χ0v) is 16.4. The molecule has 0 bridgehead atoms. The third kappa shape index (κ3) is 4.08. The Hall–Kier alpha value is -2.95. The fraction of sp³-hybridized carbons (Fsp3) is 0.318. The average molecular weight is 362 g/mol. The monoisotopic (exact) mass is 362 g/mol. The van der Waals surface area contributed by atoms with Crippen LogP contribution in [-0.2, 0) is 0 Å². The van der Waals surface area contributed by atoms with Gasteiger partial charge in [-0.05, 0) is 62.6 Å². The second-order valence-corrected chi connectivity index (χ2v) is 7.32. The summed E-state index contributed by atoms with van der Waals surface area (Å²) in [6.07, 6.45) is 6.66. The standard InChI is InChI=1S/C22H26N4O/c1-5-12-26-20-10-9-17(13-18(20)16(2)14-22(26,3)4)15-24-25-21(27)19-8-6-7-11-23-19/h6-11,13-15H,5,12H2,1-4H3,(H,25,27)/b24-15-. The van der Waals surface area contributed by atoms with Crippen LogP contribution in [0.5, 0.6) is 0 Å². The minimum absolute atomic E-state index is 0.000637. The fourth-order valence-electron chi connectivity index (χ4n) is 3.53. The SMILES string of the molecule is CCCN1c2ccc(/C=N\NC(=O)c3ccccn3)cc2C(C)=CC1(C)C. The minimum atomic E-state index is -0.322. The van der Waals surface area contributed by atoms with E-state index < -0.39 is 0 Å². The number of aromatic nitrogens is 1. The van der Waals surface area contributed by atoms with Crippen LogP contribution in [0.15, 0.2) is 53.8 Å². The third-order valence-electron chi connectivity index (χ3n) is 4.73. The molecule has 0 aliphatic carbocycles. The molecule has 5 nitrogen and oxygen atoms in total. The molecule has 0 unspecified atom stereocenters. The number of rotatable bonds is 5. The van der Waals surface area contributed by atoms with Gasteiger partial charge in [0.15, 0.2) is 0 Å². The van der Waals surface area contributed by atoms with E-state index in [1.54, 1.807) is 30.6 Å². The fourth-order valence-corrected chi connectivity index (χ4v) is 3.53. The molecule has 1 amide bonds. The maximum atomic E-state index is 12.0. The van der Waals surface area contributed by atoms with E-state index >= 15 is 0 Å². The molecule has 1 aromatic heterocycles. The second kappa shape index (κ2) is 7.74. The van der Waals surface area contributed by atoms with Crippen LogP contribution >= 0.6 is 0 Å². The van der Waals surface area contributed by atoms with Gasteiger partial charge in [-0.15, -0.1) is 0 Å². The summed E-state index contributed by atoms with van der Waals surface area (Å²) < 4.78 is 0. The number of hydrogen-bond donors (Lipinski definition) is 1. The summed E-state index contributed by atoms with van der Waals surface area (Å²) in [5.74, 6) is -0.322. The lowest BCUT2D eigenvalue weighted by atomic mass is 9.88. The summed E-state index contributed by atoms with van der Waals surface area (Å²) in [7, 11) is 0. The van der Waals surface area contributed by atoms with Crippen LogP contribution in [0, 0.1) is 0 Å². The van der Waals surface area contributed by atoms with E-state index in [1.807, 2.05) is 6.07 Å². The molecule has 2 heterocycles. The molecule has 27 heavy (non-hydrogen) atoms. The van der Waals surface area contributed by atoms with Crippen molar-refractivity contribution in [3.8, 4) is 0 Å². The molecule has 0 saturated carbocycles. The van der Waals surface area contributed by atoms with E-state index in [1.165, 1.54) is 16.8 Å². The minimum Gasteiger partial charge on any atom is -0.362 e. The van der Waals surface area contributed by atoms with Crippen LogP contribution in [0.2, 0.25) is 0 Å². The Labute approximate surface area is 160 Å². The molecule has 1 N–H and O–H groups in total. The molecule has 3 rings (SSSR count). The van der Waals surface area contributed by atoms with E-state index in [4.69, 9.17) is 0 Å². The van der Waals surface area contributed by atoms with E-state index in [-0.39, 0.29) is 11.4 Å². The highest BCUT2D eigenvalue weighted by molar-refractivity contribution is 5.93. The zero-order chi connectivity index (χ0) is 19.4. The Kier molecular flexibility index (Phi) is 5.40. The summed E-state index contributed by atoms with van der Waals surface area (Å²) in [4.78, 5) is 18.5. The van der Waals surface area contributed by atoms with Crippen LogP contribution in [0.25, 0.3) is 5.57 Å². The van der Waals surface area contributed by atoms with Crippen molar-refractivity contribution in [3.05, 3.63) is 65.5 Å². The Balaban J connectivity index is 1.80. The van der Waals surface area contributed by atoms with Gasteiger partial charge in [-0.25, -0.2) is 5.43 Å². The first kappa shape index (κ1) is 18.8. The molecule has 0 fully saturated rings. The number of hydrogen-bond acceptors (Lipinski definition) is 4. The molecular formula is C22H26N4O. The number of anilines is 1. The molecule has 0 atom stereocenters. The second-order valence-electron chi connectivity index (χ2n) is 7.32. The average Bonchev–Trinajstić information content (AvgIpc) is 2.65. The van der Waals surface area contributed by atoms with Crippen LogP contribution in [-0.4, -0.2) is 29.2 Å². The van der Waals surface area contributed by atoms with Gasteiger partial charge < -0.3 is 4.90 Å². The Bertz CT molecular complexity index is 884. The highest BCUT2D eigenvalue weighted by atomic mass is 16.2. The maximum Gasteiger partial charge on any atom is 0.289 e. The number of carbonyl (C=O) groups is 1. The van der Waals surface area contributed by atoms with Crippen molar-refractivity contribution in [3.63, 3.8) is 0 Å². The quantitative estimate of drug-likeness (QED) is 0.639. The van der Waals surface area contributed by atoms with E-state index in [0.717, 1.165) is 18.5 Å². The molecule has 2 aromatic rings. The summed E-state index contributed by atoms with van der Waals surface area (Å²) in [5.41, 5.74) is 7.53. The van der Waals surface area contributed by atoms with E-state index in [9.17, 15) is 4.79 Å². The van der Waals surface area contributed by atoms with Crippen LogP contribution < -0.4 is 10.3 Å². The summed E-state index contributed by atoms with van der Waals surface area (Å²) in [6.45, 7) is 9.85. The Morgan fingerprint density at radius 3 is 2.81 bits per heavy atom. The number of hydrazone groups is 1. The molecule has 1 aliphatic rings. The number of benzene rings is 1. The van der Waals surface area contributed by atoms with Gasteiger partial charge in [-0.2, -0.15) is 5.10 Å². The van der Waals surface area contributed by atoms with Gasteiger partial charge in [-0.3, -0.25) is 9.78 Å². The zero-order valence-electron chi connectivity index (χ0n) is 16.4. The largest absolute Gasteiger partial charge is 0.362 e. The van der Waals surface area contributed by atoms with Crippen LogP contribution in [0.1, 0.15) is 55.7 Å². The number of nitrogens with one attached hydrogen (secondary N) is 1. The predicted molar refractivity (Wildman–Crippen MR) is 111 cm³/mol. The lowest BCUT2D eigenvalue weighted by Crippen LogP contribution is -2.45. The lowest BCUT2D eigenvalue weighted by molar-refractivity contribution is 0.0950. The highest BCUT2D eigenvalue weighted by Crippen LogP contribution is 2.39. The van der Waals surface area contributed by atoms with Crippen molar-refractivity contribution in [1.82, 2.24) is 10.4 Å². The molecule has 0 saturated heterocycles. The summed E-state index contributed by atoms with van der Waals surface area (Å²) >= 11 is 0. The van der Waals surface area contributed by atoms with Gasteiger partial charge in [0, 0.05) is 24.0 Å². The molecule has 1 aromatic carbocycles. The first-order chi connectivity index (χ1) is 12.9. The van der Waals surface area contributed by atoms with Crippen molar-refractivity contribution >= 4 is 23.4 Å². The van der Waals surface area contributed by atoms with Crippen molar-refractivity contribution in [2.75, 3.05) is 11.4 Å². The summed E-state index contributed by atoms with van der Waals surface area (Å²) in [6, 6.07) is 11.5. The Morgan fingerprint density at radius 2 is 2.11 bits per heavy atom. The van der Waals surface area contributed by atoms with Crippen molar-refractivity contribution < 1.29 is 4.79 Å². The molecule has 5 heteroatoms. The smallest absolute Gasteiger partial charge is 0.289 e. The van der Waals surface area contributed by atoms with Gasteiger partial charge in [0.05, 0.1) is 11.8 Å². The number of pyridine rings is 1. The third-order valence-corrected chi connectivity index (χ3v) is 4.73. The number of nitrogens with zero attached hydrogens (tertiary/aromatic N) is 3. The molecule has 1 aliphatic heterocycles. The molecular weight excluding hydrogens is 336 g/mol. The lowest BCUT2D eigenvalue weighted by Gasteiger charge is -2.43. The highest BCUT2D eigenvalue weighted by Gasteiger charge is 2.30. The maximum absolute atomic E-state index is 12.0. The molecule has 140 valence electrons. The number of amides is 1. The normalized spacial score (nSPS) is 15.4. The van der Waals surface area contributed by atoms with Crippen LogP contribution in [0.3, 0.4) is 0 Å². The van der Waals surface area contributed by atoms with Gasteiger partial charge in [0.2, 0.25) is 0 Å². The van der Waals surface area contributed by atoms with Crippen LogP contribution in [0.4, 0.5) is 5.69 Å². The number of allylic oxidation sites excluding steroid dienone is 1. The number of fused-ring (bicyclic) bond motifs is 1. The predicted octanol–water partition coefficient (Wildman–Crippen LogP) is 4.26. The number of carbonyl (C=O) groups excluding carboxylic acids is 1. The van der Waals surface area contributed by atoms with Crippen molar-refractivity contribution in [2.24, 2.45) is 5.10 Å².